The fourth-order valence-corrected chi connectivity index (χ4v) is 1.99. The van der Waals surface area contributed by atoms with Crippen LogP contribution >= 0.6 is 23.2 Å². The average Bonchev–Trinajstić information content (AvgIpc) is 2.42. The molecule has 1 atom stereocenters. The first-order valence-electron chi connectivity index (χ1n) is 5.96. The number of carbonyl (C=O) groups excluding carboxylic acids is 1. The van der Waals surface area contributed by atoms with Gasteiger partial charge in [-0.1, -0.05) is 28.3 Å². The number of carbonyl (C=O) groups is 1. The molecular formula is C12H14Cl2N4O2. The molecule has 0 aliphatic heterocycles. The summed E-state index contributed by atoms with van der Waals surface area (Å²) >= 11 is 12.0. The molecule has 1 aromatic rings. The molecule has 0 saturated heterocycles. The molecule has 108 valence electrons. The van der Waals surface area contributed by atoms with Gasteiger partial charge >= 0.3 is 5.97 Å². The smallest absolute Gasteiger partial charge is 0.327 e. The lowest BCUT2D eigenvalue weighted by Gasteiger charge is -2.18. The molecule has 1 unspecified atom stereocenters. The number of hydrogen-bond donors (Lipinski definition) is 1. The molecule has 8 heteroatoms. The SMILES string of the molecule is CCOC(=O)C(NCCN=[N+]=[N-])c1cc(Cl)ccc1Cl. The molecule has 0 heterocycles. The minimum absolute atomic E-state index is 0.213. The molecule has 0 aliphatic rings. The Morgan fingerprint density at radius 3 is 2.95 bits per heavy atom. The van der Waals surface area contributed by atoms with Crippen molar-refractivity contribution in [3.63, 3.8) is 0 Å². The van der Waals surface area contributed by atoms with Crippen LogP contribution in [0.25, 0.3) is 10.4 Å². The van der Waals surface area contributed by atoms with Gasteiger partial charge in [0, 0.05) is 33.6 Å². The Labute approximate surface area is 126 Å². The van der Waals surface area contributed by atoms with E-state index in [1.807, 2.05) is 0 Å². The number of halogens is 2. The molecule has 0 amide bonds. The number of nitrogens with one attached hydrogen (secondary N) is 1. The first kappa shape index (κ1) is 16.6. The maximum Gasteiger partial charge on any atom is 0.327 e. The van der Waals surface area contributed by atoms with Crippen LogP contribution in [0.4, 0.5) is 0 Å². The molecular weight excluding hydrogens is 303 g/mol. The van der Waals surface area contributed by atoms with Gasteiger partial charge in [0.2, 0.25) is 0 Å². The van der Waals surface area contributed by atoms with E-state index in [1.165, 1.54) is 0 Å². The molecule has 0 spiro atoms. The molecule has 1 N–H and O–H groups in total. The predicted octanol–water partition coefficient (Wildman–Crippen LogP) is 3.50. The monoisotopic (exact) mass is 316 g/mol. The standard InChI is InChI=1S/C12H14Cl2N4O2/c1-2-20-12(19)11(16-5-6-17-18-15)9-7-8(13)3-4-10(9)14/h3-4,7,11,16H,2,5-6H2,1H3. The summed E-state index contributed by atoms with van der Waals surface area (Å²) in [5.41, 5.74) is 8.75. The van der Waals surface area contributed by atoms with Crippen LogP contribution < -0.4 is 5.32 Å². The molecule has 0 aromatic heterocycles. The summed E-state index contributed by atoms with van der Waals surface area (Å²) in [6.07, 6.45) is 0. The quantitative estimate of drug-likeness (QED) is 0.274. The zero-order valence-electron chi connectivity index (χ0n) is 10.8. The van der Waals surface area contributed by atoms with Gasteiger partial charge in [0.05, 0.1) is 6.61 Å². The number of esters is 1. The largest absolute Gasteiger partial charge is 0.465 e. The van der Waals surface area contributed by atoms with E-state index in [4.69, 9.17) is 33.5 Å². The second-order valence-corrected chi connectivity index (χ2v) is 4.60. The van der Waals surface area contributed by atoms with Gasteiger partial charge in [-0.15, -0.1) is 0 Å². The van der Waals surface area contributed by atoms with E-state index >= 15 is 0 Å². The third-order valence-electron chi connectivity index (χ3n) is 2.41. The highest BCUT2D eigenvalue weighted by molar-refractivity contribution is 6.33. The van der Waals surface area contributed by atoms with Crippen molar-refractivity contribution >= 4 is 29.2 Å². The van der Waals surface area contributed by atoms with Gasteiger partial charge in [0.15, 0.2) is 0 Å². The minimum atomic E-state index is -0.755. The lowest BCUT2D eigenvalue weighted by atomic mass is 10.1. The van der Waals surface area contributed by atoms with E-state index in [9.17, 15) is 4.79 Å². The summed E-state index contributed by atoms with van der Waals surface area (Å²) in [5, 5.41) is 7.20. The molecule has 6 nitrogen and oxygen atoms in total. The zero-order valence-corrected chi connectivity index (χ0v) is 12.4. The van der Waals surface area contributed by atoms with Crippen molar-refractivity contribution in [3.8, 4) is 0 Å². The van der Waals surface area contributed by atoms with Crippen LogP contribution in [0.1, 0.15) is 18.5 Å². The van der Waals surface area contributed by atoms with E-state index in [-0.39, 0.29) is 13.2 Å². The predicted molar refractivity (Wildman–Crippen MR) is 77.9 cm³/mol. The fourth-order valence-electron chi connectivity index (χ4n) is 1.59. The summed E-state index contributed by atoms with van der Waals surface area (Å²) in [6.45, 7) is 2.50. The van der Waals surface area contributed by atoms with E-state index in [1.54, 1.807) is 25.1 Å². The molecule has 0 aliphatic carbocycles. The third kappa shape index (κ3) is 4.90. The Hall–Kier alpha value is -1.46. The number of rotatable bonds is 7. The molecule has 0 radical (unpaired) electrons. The maximum absolute atomic E-state index is 12.0. The highest BCUT2D eigenvalue weighted by Crippen LogP contribution is 2.27. The first-order valence-corrected chi connectivity index (χ1v) is 6.71. The van der Waals surface area contributed by atoms with Crippen molar-refractivity contribution in [2.75, 3.05) is 19.7 Å². The van der Waals surface area contributed by atoms with Crippen molar-refractivity contribution < 1.29 is 9.53 Å². The Balaban J connectivity index is 2.93. The summed E-state index contributed by atoms with van der Waals surface area (Å²) in [4.78, 5) is 14.6. The highest BCUT2D eigenvalue weighted by atomic mass is 35.5. The molecule has 0 bridgehead atoms. The van der Waals surface area contributed by atoms with Crippen molar-refractivity contribution in [2.45, 2.75) is 13.0 Å². The Bertz CT molecular complexity index is 518. The second-order valence-electron chi connectivity index (χ2n) is 3.76. The average molecular weight is 317 g/mol. The van der Waals surface area contributed by atoms with Gasteiger partial charge in [0.25, 0.3) is 0 Å². The van der Waals surface area contributed by atoms with Gasteiger partial charge in [-0.2, -0.15) is 0 Å². The summed E-state index contributed by atoms with van der Waals surface area (Å²) in [7, 11) is 0. The van der Waals surface area contributed by atoms with Crippen molar-refractivity contribution in [1.82, 2.24) is 5.32 Å². The van der Waals surface area contributed by atoms with E-state index in [2.05, 4.69) is 15.3 Å². The number of nitrogens with zero attached hydrogens (tertiary/aromatic N) is 3. The first-order chi connectivity index (χ1) is 9.60. The van der Waals surface area contributed by atoms with Crippen LogP contribution in [0.15, 0.2) is 23.3 Å². The van der Waals surface area contributed by atoms with E-state index in [0.29, 0.717) is 22.2 Å². The Morgan fingerprint density at radius 1 is 1.55 bits per heavy atom. The van der Waals surface area contributed by atoms with Crippen molar-refractivity contribution in [1.29, 1.82) is 0 Å². The number of hydrogen-bond acceptors (Lipinski definition) is 4. The second kappa shape index (κ2) is 8.66. The van der Waals surface area contributed by atoms with Crippen LogP contribution in [0.2, 0.25) is 10.0 Å². The van der Waals surface area contributed by atoms with Crippen LogP contribution in [-0.4, -0.2) is 25.7 Å². The Morgan fingerprint density at radius 2 is 2.30 bits per heavy atom. The zero-order chi connectivity index (χ0) is 15.0. The lowest BCUT2D eigenvalue weighted by Crippen LogP contribution is -2.32. The van der Waals surface area contributed by atoms with Gasteiger partial charge in [-0.05, 0) is 30.7 Å². The van der Waals surface area contributed by atoms with Crippen molar-refractivity contribution in [2.24, 2.45) is 5.11 Å². The lowest BCUT2D eigenvalue weighted by molar-refractivity contribution is -0.145. The van der Waals surface area contributed by atoms with Crippen LogP contribution in [0.3, 0.4) is 0 Å². The van der Waals surface area contributed by atoms with E-state index < -0.39 is 12.0 Å². The molecule has 20 heavy (non-hydrogen) atoms. The molecule has 0 saturated carbocycles. The van der Waals surface area contributed by atoms with Crippen LogP contribution in [0, 0.1) is 0 Å². The number of ether oxygens (including phenoxy) is 1. The van der Waals surface area contributed by atoms with E-state index in [0.717, 1.165) is 0 Å². The Kier molecular flexibility index (Phi) is 7.18. The van der Waals surface area contributed by atoms with Gasteiger partial charge in [-0.3, -0.25) is 0 Å². The number of azide groups is 1. The molecule has 1 aromatic carbocycles. The number of benzene rings is 1. The van der Waals surface area contributed by atoms with Gasteiger partial charge in [0.1, 0.15) is 6.04 Å². The van der Waals surface area contributed by atoms with Crippen LogP contribution in [0.5, 0.6) is 0 Å². The summed E-state index contributed by atoms with van der Waals surface area (Å²) < 4.78 is 5.00. The molecule has 0 fully saturated rings. The van der Waals surface area contributed by atoms with Crippen LogP contribution in [-0.2, 0) is 9.53 Å². The normalized spacial score (nSPS) is 11.6. The maximum atomic E-state index is 12.0. The minimum Gasteiger partial charge on any atom is -0.465 e. The van der Waals surface area contributed by atoms with Gasteiger partial charge < -0.3 is 10.1 Å². The fraction of sp³-hybridized carbons (Fsp3) is 0.417. The third-order valence-corrected chi connectivity index (χ3v) is 2.99. The summed E-state index contributed by atoms with van der Waals surface area (Å²) in [6, 6.07) is 4.09. The highest BCUT2D eigenvalue weighted by Gasteiger charge is 2.23. The topological polar surface area (TPSA) is 87.1 Å². The summed E-state index contributed by atoms with van der Waals surface area (Å²) in [5.74, 6) is -0.461. The molecule has 1 rings (SSSR count). The van der Waals surface area contributed by atoms with Crippen molar-refractivity contribution in [3.05, 3.63) is 44.3 Å². The van der Waals surface area contributed by atoms with Gasteiger partial charge in [-0.25, -0.2) is 4.79 Å².